The third kappa shape index (κ3) is 5.86. The minimum atomic E-state index is -5.12. The lowest BCUT2D eigenvalue weighted by molar-refractivity contribution is -0.143. The molecule has 2 aliphatic rings. The molecule has 3 aromatic carbocycles. The van der Waals surface area contributed by atoms with Crippen molar-refractivity contribution in [2.75, 3.05) is 14.2 Å². The normalized spacial score (nSPS) is 20.6. The first-order valence-electron chi connectivity index (χ1n) is 14.2. The molecular formula is C32H28F10N2O2. The molecule has 0 saturated carbocycles. The number of carbonyl (C=O) groups is 1. The first kappa shape index (κ1) is 33.4. The van der Waals surface area contributed by atoms with Crippen molar-refractivity contribution in [3.63, 3.8) is 0 Å². The second kappa shape index (κ2) is 11.4. The summed E-state index contributed by atoms with van der Waals surface area (Å²) < 4.78 is 144. The zero-order valence-corrected chi connectivity index (χ0v) is 24.8. The predicted octanol–water partition coefficient (Wildman–Crippen LogP) is 9.99. The summed E-state index contributed by atoms with van der Waals surface area (Å²) in [6, 6.07) is 2.53. The van der Waals surface area contributed by atoms with Gasteiger partial charge in [0.2, 0.25) is 0 Å². The lowest BCUT2D eigenvalue weighted by atomic mass is 9.89. The number of urea groups is 1. The molecule has 0 radical (unpaired) electrons. The van der Waals surface area contributed by atoms with Gasteiger partial charge in [0, 0.05) is 18.7 Å². The van der Waals surface area contributed by atoms with E-state index in [9.17, 15) is 48.7 Å². The van der Waals surface area contributed by atoms with Gasteiger partial charge in [0.25, 0.3) is 0 Å². The van der Waals surface area contributed by atoms with Crippen molar-refractivity contribution in [3.05, 3.63) is 87.7 Å². The van der Waals surface area contributed by atoms with Crippen LogP contribution in [-0.4, -0.2) is 36.0 Å². The highest BCUT2D eigenvalue weighted by Crippen LogP contribution is 2.52. The van der Waals surface area contributed by atoms with E-state index in [-0.39, 0.29) is 52.8 Å². The van der Waals surface area contributed by atoms with Crippen LogP contribution in [0.15, 0.2) is 48.5 Å². The number of halogens is 10. The van der Waals surface area contributed by atoms with Crippen molar-refractivity contribution in [2.24, 2.45) is 0 Å². The summed E-state index contributed by atoms with van der Waals surface area (Å²) in [5, 5.41) is 0. The average molecular weight is 663 g/mol. The highest BCUT2D eigenvalue weighted by Gasteiger charge is 2.53. The SMILES string of the molecule is COc1cc(F)c(C(C)C)cc1-c1ccc(C(F)(F)F)cc1[C@@H]1CC[C@H]2C(c3cc(C(F)(F)F)cc(C(F)(F)F)c3)N(C)C(=O)N12. The fourth-order valence-corrected chi connectivity index (χ4v) is 6.54. The number of hydrogen-bond acceptors (Lipinski definition) is 2. The third-order valence-electron chi connectivity index (χ3n) is 8.65. The Morgan fingerprint density at radius 3 is 1.89 bits per heavy atom. The van der Waals surface area contributed by atoms with E-state index in [1.54, 1.807) is 13.8 Å². The molecule has 2 fully saturated rings. The fourth-order valence-electron chi connectivity index (χ4n) is 6.54. The van der Waals surface area contributed by atoms with Gasteiger partial charge in [-0.3, -0.25) is 0 Å². The van der Waals surface area contributed by atoms with Gasteiger partial charge in [0.1, 0.15) is 11.6 Å². The Morgan fingerprint density at radius 2 is 1.37 bits per heavy atom. The summed E-state index contributed by atoms with van der Waals surface area (Å²) >= 11 is 0. The van der Waals surface area contributed by atoms with E-state index in [2.05, 4.69) is 0 Å². The lowest BCUT2D eigenvalue weighted by Crippen LogP contribution is -2.32. The maximum atomic E-state index is 14.9. The van der Waals surface area contributed by atoms with Crippen molar-refractivity contribution in [1.29, 1.82) is 0 Å². The quantitative estimate of drug-likeness (QED) is 0.255. The molecule has 0 bridgehead atoms. The number of nitrogens with zero attached hydrogens (tertiary/aromatic N) is 2. The highest BCUT2D eigenvalue weighted by molar-refractivity contribution is 5.81. The van der Waals surface area contributed by atoms with Crippen molar-refractivity contribution < 1.29 is 53.4 Å². The monoisotopic (exact) mass is 662 g/mol. The zero-order chi connectivity index (χ0) is 34.1. The Hall–Kier alpha value is -3.97. The molecule has 3 atom stereocenters. The van der Waals surface area contributed by atoms with Gasteiger partial charge in [-0.05, 0) is 77.4 Å². The number of ether oxygens (including phenoxy) is 1. The second-order valence-corrected chi connectivity index (χ2v) is 11.8. The van der Waals surface area contributed by atoms with Crippen molar-refractivity contribution in [3.8, 4) is 16.9 Å². The fraction of sp³-hybridized carbons (Fsp3) is 0.406. The highest BCUT2D eigenvalue weighted by atomic mass is 19.4. The van der Waals surface area contributed by atoms with Crippen molar-refractivity contribution in [1.82, 2.24) is 9.80 Å². The first-order chi connectivity index (χ1) is 21.2. The number of hydrogen-bond donors (Lipinski definition) is 0. The van der Waals surface area contributed by atoms with Crippen LogP contribution >= 0.6 is 0 Å². The standard InChI is InChI=1S/C32H28F10N2O2/c1-15(2)21-13-23(27(46-4)14-24(21)33)20-6-5-17(30(34,35)36)12-22(20)25-7-8-26-28(43(3)29(45)44(25)26)16-9-18(31(37,38)39)11-19(10-16)32(40,41)42/h5-6,9-15,25-26,28H,7-8H2,1-4H3/t25-,26-,28?/m0/s1. The van der Waals surface area contributed by atoms with Gasteiger partial charge < -0.3 is 14.5 Å². The number of fused-ring (bicyclic) bond motifs is 1. The van der Waals surface area contributed by atoms with Crippen molar-refractivity contribution in [2.45, 2.75) is 69.3 Å². The molecule has 3 aromatic rings. The summed E-state index contributed by atoms with van der Waals surface area (Å²) in [5.74, 6) is -0.894. The Morgan fingerprint density at radius 1 is 0.783 bits per heavy atom. The third-order valence-corrected chi connectivity index (χ3v) is 8.65. The Balaban J connectivity index is 1.67. The molecular weight excluding hydrogens is 634 g/mol. The van der Waals surface area contributed by atoms with Gasteiger partial charge in [0.15, 0.2) is 0 Å². The number of alkyl halides is 9. The summed E-state index contributed by atoms with van der Waals surface area (Å²) in [6.07, 6.45) is -14.9. The molecule has 5 rings (SSSR count). The number of likely N-dealkylation sites (N-methyl/N-ethyl adjacent to an activating group) is 1. The van der Waals surface area contributed by atoms with Crippen molar-refractivity contribution >= 4 is 6.03 Å². The van der Waals surface area contributed by atoms with Crippen LogP contribution in [0.1, 0.15) is 78.1 Å². The van der Waals surface area contributed by atoms with E-state index in [0.29, 0.717) is 12.1 Å². The molecule has 1 unspecified atom stereocenters. The van der Waals surface area contributed by atoms with Crippen LogP contribution in [-0.2, 0) is 18.5 Å². The van der Waals surface area contributed by atoms with Gasteiger partial charge >= 0.3 is 24.6 Å². The molecule has 2 aliphatic heterocycles. The molecule has 0 N–H and O–H groups in total. The molecule has 14 heteroatoms. The molecule has 2 heterocycles. The van der Waals surface area contributed by atoms with Crippen LogP contribution in [0, 0.1) is 5.82 Å². The number of benzene rings is 3. The minimum absolute atomic E-state index is 0.00803. The van der Waals surface area contributed by atoms with Gasteiger partial charge in [-0.2, -0.15) is 39.5 Å². The molecule has 2 amide bonds. The minimum Gasteiger partial charge on any atom is -0.496 e. The van der Waals surface area contributed by atoms with Crippen LogP contribution in [0.4, 0.5) is 48.7 Å². The summed E-state index contributed by atoms with van der Waals surface area (Å²) in [5.41, 5.74) is -3.79. The average Bonchev–Trinajstić information content (AvgIpc) is 3.48. The molecule has 46 heavy (non-hydrogen) atoms. The second-order valence-electron chi connectivity index (χ2n) is 11.8. The maximum Gasteiger partial charge on any atom is 0.416 e. The number of rotatable bonds is 5. The van der Waals surface area contributed by atoms with Gasteiger partial charge in [0.05, 0.1) is 41.9 Å². The van der Waals surface area contributed by atoms with Gasteiger partial charge in [-0.1, -0.05) is 19.9 Å². The first-order valence-corrected chi connectivity index (χ1v) is 14.2. The van der Waals surface area contributed by atoms with E-state index in [4.69, 9.17) is 4.74 Å². The summed E-state index contributed by atoms with van der Waals surface area (Å²) in [6.45, 7) is 3.45. The van der Waals surface area contributed by atoms with E-state index in [0.717, 1.165) is 23.1 Å². The molecule has 248 valence electrons. The number of methoxy groups -OCH3 is 1. The van der Waals surface area contributed by atoms with E-state index in [1.165, 1.54) is 31.2 Å². The summed E-state index contributed by atoms with van der Waals surface area (Å²) in [4.78, 5) is 15.9. The largest absolute Gasteiger partial charge is 0.496 e. The summed E-state index contributed by atoms with van der Waals surface area (Å²) in [7, 11) is 2.48. The van der Waals surface area contributed by atoms with Crippen LogP contribution in [0.3, 0.4) is 0 Å². The van der Waals surface area contributed by atoms with Crippen LogP contribution < -0.4 is 4.74 Å². The van der Waals surface area contributed by atoms with Crippen LogP contribution in [0.2, 0.25) is 0 Å². The number of amides is 2. The lowest BCUT2D eigenvalue weighted by Gasteiger charge is -2.28. The van der Waals surface area contributed by atoms with Crippen LogP contribution in [0.5, 0.6) is 5.75 Å². The maximum absolute atomic E-state index is 14.9. The molecule has 2 saturated heterocycles. The Bertz CT molecular complexity index is 1630. The molecule has 0 aromatic heterocycles. The van der Waals surface area contributed by atoms with Gasteiger partial charge in [-0.25, -0.2) is 9.18 Å². The topological polar surface area (TPSA) is 32.8 Å². The van der Waals surface area contributed by atoms with E-state index < -0.39 is 70.8 Å². The smallest absolute Gasteiger partial charge is 0.416 e. The van der Waals surface area contributed by atoms with E-state index >= 15 is 0 Å². The zero-order valence-electron chi connectivity index (χ0n) is 24.8. The molecule has 0 spiro atoms. The van der Waals surface area contributed by atoms with E-state index in [1.807, 2.05) is 0 Å². The molecule has 4 nitrogen and oxygen atoms in total. The Labute approximate surface area is 257 Å². The predicted molar refractivity (Wildman–Crippen MR) is 147 cm³/mol. The van der Waals surface area contributed by atoms with Crippen LogP contribution in [0.25, 0.3) is 11.1 Å². The number of carbonyl (C=O) groups excluding carboxylic acids is 1. The molecule has 0 aliphatic carbocycles. The Kier molecular flexibility index (Phi) is 8.26. The van der Waals surface area contributed by atoms with Gasteiger partial charge in [-0.15, -0.1) is 0 Å².